The van der Waals surface area contributed by atoms with E-state index in [1.54, 1.807) is 23.1 Å². The number of hydrogen-bond donors (Lipinski definition) is 1. The Bertz CT molecular complexity index is 861. The van der Waals surface area contributed by atoms with Crippen molar-refractivity contribution in [2.75, 3.05) is 13.1 Å². The maximum absolute atomic E-state index is 12.5. The summed E-state index contributed by atoms with van der Waals surface area (Å²) in [4.78, 5) is 37.1. The van der Waals surface area contributed by atoms with Gasteiger partial charge in [-0.05, 0) is 24.8 Å². The molecule has 1 N–H and O–H groups in total. The van der Waals surface area contributed by atoms with Crippen molar-refractivity contribution >= 4 is 17.5 Å². The zero-order valence-corrected chi connectivity index (χ0v) is 16.3. The molecule has 7 heteroatoms. The molecule has 0 saturated carbocycles. The predicted octanol–water partition coefficient (Wildman–Crippen LogP) is 2.88. The van der Waals surface area contributed by atoms with Gasteiger partial charge in [0.25, 0.3) is 5.69 Å². The average Bonchev–Trinajstić information content (AvgIpc) is 2.74. The van der Waals surface area contributed by atoms with Crippen molar-refractivity contribution in [2.45, 2.75) is 38.1 Å². The van der Waals surface area contributed by atoms with E-state index in [4.69, 9.17) is 0 Å². The van der Waals surface area contributed by atoms with E-state index < -0.39 is 4.92 Å². The van der Waals surface area contributed by atoms with Crippen LogP contribution in [-0.4, -0.2) is 40.8 Å². The van der Waals surface area contributed by atoms with E-state index >= 15 is 0 Å². The molecule has 3 rings (SSSR count). The number of nitro groups is 1. The molecule has 0 aromatic heterocycles. The minimum atomic E-state index is -0.459. The predicted molar refractivity (Wildman–Crippen MR) is 109 cm³/mol. The Hall–Kier alpha value is -3.22. The van der Waals surface area contributed by atoms with Crippen molar-refractivity contribution in [3.05, 3.63) is 75.8 Å². The van der Waals surface area contributed by atoms with Crippen molar-refractivity contribution in [1.82, 2.24) is 10.2 Å². The maximum Gasteiger partial charge on any atom is 0.273 e. The second-order valence-corrected chi connectivity index (χ2v) is 7.27. The van der Waals surface area contributed by atoms with Gasteiger partial charge in [-0.15, -0.1) is 0 Å². The summed E-state index contributed by atoms with van der Waals surface area (Å²) in [6.45, 7) is 1.09. The van der Waals surface area contributed by atoms with E-state index in [1.165, 1.54) is 6.07 Å². The molecule has 0 spiro atoms. The summed E-state index contributed by atoms with van der Waals surface area (Å²) in [6.07, 6.45) is 2.56. The lowest BCUT2D eigenvalue weighted by molar-refractivity contribution is -0.385. The minimum Gasteiger partial charge on any atom is -0.353 e. The van der Waals surface area contributed by atoms with Gasteiger partial charge in [0.15, 0.2) is 0 Å². The normalized spacial score (nSPS) is 14.4. The first-order valence-electron chi connectivity index (χ1n) is 9.86. The van der Waals surface area contributed by atoms with Crippen LogP contribution in [0.25, 0.3) is 0 Å². The molecule has 1 heterocycles. The molecule has 2 aromatic carbocycles. The molecule has 0 bridgehead atoms. The molecule has 1 aliphatic rings. The number of aryl methyl sites for hydroxylation is 1. The zero-order chi connectivity index (χ0) is 20.6. The first-order chi connectivity index (χ1) is 14.0. The van der Waals surface area contributed by atoms with E-state index in [0.29, 0.717) is 44.3 Å². The second-order valence-electron chi connectivity index (χ2n) is 7.27. The topological polar surface area (TPSA) is 92.6 Å². The number of benzene rings is 2. The SMILES string of the molecule is O=C(CCc1ccccc1)NC1CCN(C(=O)Cc2ccccc2[N+](=O)[O-])CC1. The summed E-state index contributed by atoms with van der Waals surface area (Å²) in [5.41, 5.74) is 1.54. The molecule has 152 valence electrons. The lowest BCUT2D eigenvalue weighted by atomic mass is 10.0. The van der Waals surface area contributed by atoms with Crippen LogP contribution in [0.2, 0.25) is 0 Å². The third-order valence-corrected chi connectivity index (χ3v) is 5.23. The van der Waals surface area contributed by atoms with Gasteiger partial charge in [-0.25, -0.2) is 0 Å². The van der Waals surface area contributed by atoms with Crippen LogP contribution in [0.5, 0.6) is 0 Å². The van der Waals surface area contributed by atoms with Crippen molar-refractivity contribution in [3.63, 3.8) is 0 Å². The quantitative estimate of drug-likeness (QED) is 0.576. The van der Waals surface area contributed by atoms with E-state index in [1.807, 2.05) is 30.3 Å². The lowest BCUT2D eigenvalue weighted by Crippen LogP contribution is -2.47. The van der Waals surface area contributed by atoms with Crippen molar-refractivity contribution in [3.8, 4) is 0 Å². The monoisotopic (exact) mass is 395 g/mol. The Morgan fingerprint density at radius 2 is 1.69 bits per heavy atom. The molecule has 0 atom stereocenters. The van der Waals surface area contributed by atoms with Crippen molar-refractivity contribution < 1.29 is 14.5 Å². The smallest absolute Gasteiger partial charge is 0.273 e. The van der Waals surface area contributed by atoms with E-state index in [-0.39, 0.29) is 30.0 Å². The Morgan fingerprint density at radius 3 is 2.38 bits per heavy atom. The van der Waals surface area contributed by atoms with Gasteiger partial charge in [-0.1, -0.05) is 48.5 Å². The molecule has 29 heavy (non-hydrogen) atoms. The highest BCUT2D eigenvalue weighted by atomic mass is 16.6. The molecule has 1 fully saturated rings. The number of rotatable bonds is 7. The number of amides is 2. The highest BCUT2D eigenvalue weighted by molar-refractivity contribution is 5.80. The van der Waals surface area contributed by atoms with Crippen LogP contribution in [0, 0.1) is 10.1 Å². The van der Waals surface area contributed by atoms with E-state index in [0.717, 1.165) is 5.56 Å². The number of carbonyl (C=O) groups excluding carboxylic acids is 2. The van der Waals surface area contributed by atoms with Gasteiger partial charge in [0.05, 0.1) is 11.3 Å². The number of nitrogens with zero attached hydrogens (tertiary/aromatic N) is 2. The van der Waals surface area contributed by atoms with Gasteiger partial charge < -0.3 is 10.2 Å². The zero-order valence-electron chi connectivity index (χ0n) is 16.3. The van der Waals surface area contributed by atoms with Crippen LogP contribution in [0.1, 0.15) is 30.4 Å². The largest absolute Gasteiger partial charge is 0.353 e. The number of hydrogen-bond acceptors (Lipinski definition) is 4. The second kappa shape index (κ2) is 9.82. The van der Waals surface area contributed by atoms with E-state index in [9.17, 15) is 19.7 Å². The maximum atomic E-state index is 12.5. The van der Waals surface area contributed by atoms with Crippen LogP contribution >= 0.6 is 0 Å². The number of para-hydroxylation sites is 1. The molecule has 7 nitrogen and oxygen atoms in total. The Balaban J connectivity index is 1.43. The van der Waals surface area contributed by atoms with Crippen molar-refractivity contribution in [1.29, 1.82) is 0 Å². The fourth-order valence-electron chi connectivity index (χ4n) is 3.59. The first-order valence-corrected chi connectivity index (χ1v) is 9.86. The summed E-state index contributed by atoms with van der Waals surface area (Å²) in [7, 11) is 0. The molecule has 0 radical (unpaired) electrons. The highest BCUT2D eigenvalue weighted by Gasteiger charge is 2.25. The number of nitro benzene ring substituents is 1. The fraction of sp³-hybridized carbons (Fsp3) is 0.364. The third-order valence-electron chi connectivity index (χ3n) is 5.23. The molecule has 0 unspecified atom stereocenters. The summed E-state index contributed by atoms with van der Waals surface area (Å²) in [5, 5.41) is 14.2. The number of nitrogens with one attached hydrogen (secondary N) is 1. The third kappa shape index (κ3) is 5.88. The average molecular weight is 395 g/mol. The van der Waals surface area contributed by atoms with Gasteiger partial charge >= 0.3 is 0 Å². The molecular formula is C22H25N3O4. The first kappa shape index (κ1) is 20.5. The molecule has 2 aromatic rings. The van der Waals surface area contributed by atoms with Gasteiger partial charge in [-0.2, -0.15) is 0 Å². The van der Waals surface area contributed by atoms with Crippen LogP contribution in [0.3, 0.4) is 0 Å². The van der Waals surface area contributed by atoms with Gasteiger partial charge in [-0.3, -0.25) is 19.7 Å². The number of piperidine rings is 1. The van der Waals surface area contributed by atoms with Gasteiger partial charge in [0.1, 0.15) is 0 Å². The Morgan fingerprint density at radius 1 is 1.03 bits per heavy atom. The number of carbonyl (C=O) groups is 2. The molecule has 1 aliphatic heterocycles. The molecular weight excluding hydrogens is 370 g/mol. The Labute approximate surface area is 169 Å². The molecule has 0 aliphatic carbocycles. The van der Waals surface area contributed by atoms with Crippen LogP contribution < -0.4 is 5.32 Å². The summed E-state index contributed by atoms with van der Waals surface area (Å²) < 4.78 is 0. The minimum absolute atomic E-state index is 0.0191. The number of likely N-dealkylation sites (tertiary alicyclic amines) is 1. The fourth-order valence-corrected chi connectivity index (χ4v) is 3.59. The van der Waals surface area contributed by atoms with Gasteiger partial charge in [0.2, 0.25) is 11.8 Å². The van der Waals surface area contributed by atoms with Crippen LogP contribution in [0.15, 0.2) is 54.6 Å². The summed E-state index contributed by atoms with van der Waals surface area (Å²) in [5.74, 6) is -0.0910. The van der Waals surface area contributed by atoms with Crippen LogP contribution in [-0.2, 0) is 22.4 Å². The molecule has 2 amide bonds. The highest BCUT2D eigenvalue weighted by Crippen LogP contribution is 2.20. The lowest BCUT2D eigenvalue weighted by Gasteiger charge is -2.32. The molecule has 1 saturated heterocycles. The summed E-state index contributed by atoms with van der Waals surface area (Å²) in [6, 6.07) is 16.3. The van der Waals surface area contributed by atoms with Gasteiger partial charge in [0, 0.05) is 37.2 Å². The van der Waals surface area contributed by atoms with Crippen LogP contribution in [0.4, 0.5) is 5.69 Å². The summed E-state index contributed by atoms with van der Waals surface area (Å²) >= 11 is 0. The van der Waals surface area contributed by atoms with E-state index in [2.05, 4.69) is 5.32 Å². The Kier molecular flexibility index (Phi) is 6.94. The van der Waals surface area contributed by atoms with Crippen molar-refractivity contribution in [2.24, 2.45) is 0 Å². The standard InChI is InChI=1S/C22H25N3O4/c26-21(11-10-17-6-2-1-3-7-17)23-19-12-14-24(15-13-19)22(27)16-18-8-4-5-9-20(18)25(28)29/h1-9,19H,10-16H2,(H,23,26).